The maximum Gasteiger partial charge on any atom is 0.410 e. The van der Waals surface area contributed by atoms with Crippen molar-refractivity contribution >= 4 is 17.8 Å². The number of carbonyl (C=O) groups excluding carboxylic acids is 2. The van der Waals surface area contributed by atoms with Crippen LogP contribution in [-0.4, -0.2) is 76.5 Å². The average Bonchev–Trinajstić information content (AvgIpc) is 3.11. The van der Waals surface area contributed by atoms with Gasteiger partial charge in [0.2, 0.25) is 5.91 Å². The molecule has 0 radical (unpaired) electrons. The second kappa shape index (κ2) is 6.87. The number of hydrogen-bond acceptors (Lipinski definition) is 5. The van der Waals surface area contributed by atoms with Crippen molar-refractivity contribution in [2.24, 2.45) is 11.3 Å². The van der Waals surface area contributed by atoms with Crippen LogP contribution >= 0.6 is 0 Å². The standard InChI is InChI=1S/C23H35N5O3/c1-15-8-19(26-7-6-18-16(12-26)9-20(29)25(18)5)24-28(15)17-10-23(11-17)13-27(14-23)21(30)31-22(2,3)4/h8,16-18H,6-7,9-14H2,1-5H3/t16-,18?/m0/s1. The Labute approximate surface area is 184 Å². The molecule has 3 saturated heterocycles. The molecule has 0 aromatic carbocycles. The number of piperidine rings is 1. The molecule has 1 unspecified atom stereocenters. The van der Waals surface area contributed by atoms with Crippen LogP contribution in [0.1, 0.15) is 58.2 Å². The van der Waals surface area contributed by atoms with Gasteiger partial charge in [-0.1, -0.05) is 0 Å². The smallest absolute Gasteiger partial charge is 0.410 e. The normalized spacial score (nSPS) is 27.9. The fourth-order valence-electron chi connectivity index (χ4n) is 6.08. The monoisotopic (exact) mass is 429 g/mol. The van der Waals surface area contributed by atoms with Crippen molar-refractivity contribution in [3.63, 3.8) is 0 Å². The van der Waals surface area contributed by atoms with E-state index < -0.39 is 5.60 Å². The molecule has 0 N–H and O–H groups in total. The summed E-state index contributed by atoms with van der Waals surface area (Å²) >= 11 is 0. The summed E-state index contributed by atoms with van der Waals surface area (Å²) in [6.07, 6.45) is 3.62. The molecule has 4 fully saturated rings. The van der Waals surface area contributed by atoms with Crippen molar-refractivity contribution in [2.75, 3.05) is 38.1 Å². The molecule has 4 heterocycles. The molecule has 5 rings (SSSR count). The molecule has 0 bridgehead atoms. The number of amides is 2. The Morgan fingerprint density at radius 1 is 1.26 bits per heavy atom. The molecule has 1 spiro atoms. The number of anilines is 1. The lowest BCUT2D eigenvalue weighted by atomic mass is 9.61. The highest BCUT2D eigenvalue weighted by Crippen LogP contribution is 2.54. The summed E-state index contributed by atoms with van der Waals surface area (Å²) in [5.41, 5.74) is 0.993. The predicted octanol–water partition coefficient (Wildman–Crippen LogP) is 2.82. The number of likely N-dealkylation sites (tertiary alicyclic amines) is 2. The molecular formula is C23H35N5O3. The summed E-state index contributed by atoms with van der Waals surface area (Å²) in [5, 5.41) is 4.97. The van der Waals surface area contributed by atoms with E-state index in [9.17, 15) is 9.59 Å². The molecule has 1 aromatic rings. The van der Waals surface area contributed by atoms with Crippen molar-refractivity contribution < 1.29 is 14.3 Å². The number of nitrogens with zero attached hydrogens (tertiary/aromatic N) is 5. The first-order valence-electron chi connectivity index (χ1n) is 11.6. The number of rotatable bonds is 2. The third-order valence-corrected chi connectivity index (χ3v) is 7.64. The molecule has 8 nitrogen and oxygen atoms in total. The van der Waals surface area contributed by atoms with Gasteiger partial charge in [0, 0.05) is 68.8 Å². The Balaban J connectivity index is 1.17. The minimum absolute atomic E-state index is 0.196. The van der Waals surface area contributed by atoms with Gasteiger partial charge >= 0.3 is 6.09 Å². The summed E-state index contributed by atoms with van der Waals surface area (Å²) in [6.45, 7) is 11.3. The molecule has 2 amide bonds. The minimum Gasteiger partial charge on any atom is -0.444 e. The van der Waals surface area contributed by atoms with Crippen LogP contribution in [0.4, 0.5) is 10.6 Å². The zero-order valence-corrected chi connectivity index (χ0v) is 19.4. The number of hydrogen-bond donors (Lipinski definition) is 0. The first-order valence-corrected chi connectivity index (χ1v) is 11.6. The fourth-order valence-corrected chi connectivity index (χ4v) is 6.08. The Kier molecular flexibility index (Phi) is 4.58. The Bertz CT molecular complexity index is 890. The van der Waals surface area contributed by atoms with Crippen LogP contribution in [-0.2, 0) is 9.53 Å². The van der Waals surface area contributed by atoms with Crippen LogP contribution in [0.5, 0.6) is 0 Å². The highest BCUT2D eigenvalue weighted by Gasteiger charge is 2.55. The average molecular weight is 430 g/mol. The van der Waals surface area contributed by atoms with Gasteiger partial charge in [-0.3, -0.25) is 9.48 Å². The molecule has 2 atom stereocenters. The lowest BCUT2D eigenvalue weighted by Crippen LogP contribution is -2.64. The zero-order valence-electron chi connectivity index (χ0n) is 19.4. The van der Waals surface area contributed by atoms with E-state index in [0.29, 0.717) is 24.4 Å². The first kappa shape index (κ1) is 20.6. The molecule has 8 heteroatoms. The SMILES string of the molecule is Cc1cc(N2CCC3[C@@H](CC(=O)N3C)C2)nn1C1CC2(C1)CN(C(=O)OC(C)(C)C)C2. The van der Waals surface area contributed by atoms with Gasteiger partial charge in [0.05, 0.1) is 6.04 Å². The van der Waals surface area contributed by atoms with Crippen molar-refractivity contribution in [1.29, 1.82) is 0 Å². The second-order valence-electron chi connectivity index (χ2n) is 11.3. The molecule has 1 saturated carbocycles. The van der Waals surface area contributed by atoms with Crippen LogP contribution in [0.2, 0.25) is 0 Å². The van der Waals surface area contributed by atoms with E-state index >= 15 is 0 Å². The first-order chi connectivity index (χ1) is 14.5. The fraction of sp³-hybridized carbons (Fsp3) is 0.783. The van der Waals surface area contributed by atoms with E-state index in [1.54, 1.807) is 0 Å². The van der Waals surface area contributed by atoms with Crippen molar-refractivity contribution in [3.8, 4) is 0 Å². The van der Waals surface area contributed by atoms with Gasteiger partial charge in [0.15, 0.2) is 5.82 Å². The molecule has 170 valence electrons. The number of carbonyl (C=O) groups is 2. The van der Waals surface area contributed by atoms with E-state index in [1.165, 1.54) is 5.69 Å². The van der Waals surface area contributed by atoms with E-state index in [4.69, 9.17) is 9.84 Å². The summed E-state index contributed by atoms with van der Waals surface area (Å²) in [5.74, 6) is 1.74. The van der Waals surface area contributed by atoms with E-state index in [-0.39, 0.29) is 17.4 Å². The molecule has 4 aliphatic rings. The van der Waals surface area contributed by atoms with E-state index in [0.717, 1.165) is 51.3 Å². The van der Waals surface area contributed by atoms with Gasteiger partial charge in [0.1, 0.15) is 5.60 Å². The molecule has 31 heavy (non-hydrogen) atoms. The van der Waals surface area contributed by atoms with Gasteiger partial charge in [-0.25, -0.2) is 4.79 Å². The zero-order chi connectivity index (χ0) is 22.1. The van der Waals surface area contributed by atoms with Gasteiger partial charge < -0.3 is 19.4 Å². The van der Waals surface area contributed by atoms with Crippen LogP contribution in [0.3, 0.4) is 0 Å². The maximum absolute atomic E-state index is 12.2. The van der Waals surface area contributed by atoms with Gasteiger partial charge in [-0.15, -0.1) is 0 Å². The Morgan fingerprint density at radius 3 is 2.65 bits per heavy atom. The molecular weight excluding hydrogens is 394 g/mol. The Hall–Kier alpha value is -2.25. The predicted molar refractivity (Wildman–Crippen MR) is 117 cm³/mol. The van der Waals surface area contributed by atoms with E-state index in [2.05, 4.69) is 22.6 Å². The second-order valence-corrected chi connectivity index (χ2v) is 11.3. The maximum atomic E-state index is 12.2. The largest absolute Gasteiger partial charge is 0.444 e. The molecule has 3 aliphatic heterocycles. The van der Waals surface area contributed by atoms with E-state index in [1.807, 2.05) is 37.6 Å². The van der Waals surface area contributed by atoms with Crippen molar-refractivity contribution in [3.05, 3.63) is 11.8 Å². The van der Waals surface area contributed by atoms with Crippen molar-refractivity contribution in [2.45, 2.75) is 71.1 Å². The lowest BCUT2D eigenvalue weighted by molar-refractivity contribution is -0.127. The Morgan fingerprint density at radius 2 is 1.97 bits per heavy atom. The highest BCUT2D eigenvalue weighted by molar-refractivity contribution is 5.79. The van der Waals surface area contributed by atoms with Crippen LogP contribution in [0.25, 0.3) is 0 Å². The summed E-state index contributed by atoms with van der Waals surface area (Å²) in [7, 11) is 1.94. The number of aryl methyl sites for hydroxylation is 1. The summed E-state index contributed by atoms with van der Waals surface area (Å²) < 4.78 is 7.68. The quantitative estimate of drug-likeness (QED) is 0.723. The number of ether oxygens (including phenoxy) is 1. The third-order valence-electron chi connectivity index (χ3n) is 7.64. The van der Waals surface area contributed by atoms with Gasteiger partial charge in [-0.05, 0) is 47.0 Å². The third kappa shape index (κ3) is 3.57. The topological polar surface area (TPSA) is 70.9 Å². The van der Waals surface area contributed by atoms with Gasteiger partial charge in [0.25, 0.3) is 0 Å². The highest BCUT2D eigenvalue weighted by atomic mass is 16.6. The number of aromatic nitrogens is 2. The van der Waals surface area contributed by atoms with Crippen LogP contribution in [0, 0.1) is 18.3 Å². The van der Waals surface area contributed by atoms with Crippen molar-refractivity contribution in [1.82, 2.24) is 19.6 Å². The summed E-state index contributed by atoms with van der Waals surface area (Å²) in [6, 6.07) is 3.00. The van der Waals surface area contributed by atoms with Crippen LogP contribution < -0.4 is 4.90 Å². The molecule has 1 aliphatic carbocycles. The van der Waals surface area contributed by atoms with Crippen LogP contribution in [0.15, 0.2) is 6.07 Å². The number of fused-ring (bicyclic) bond motifs is 1. The van der Waals surface area contributed by atoms with Gasteiger partial charge in [-0.2, -0.15) is 5.10 Å². The molecule has 1 aromatic heterocycles. The minimum atomic E-state index is -0.444. The summed E-state index contributed by atoms with van der Waals surface area (Å²) in [4.78, 5) is 30.4. The lowest BCUT2D eigenvalue weighted by Gasteiger charge is -2.58.